The van der Waals surface area contributed by atoms with E-state index in [1.54, 1.807) is 0 Å². The molecule has 9 nitrogen and oxygen atoms in total. The topological polar surface area (TPSA) is 133 Å². The molecule has 0 radical (unpaired) electrons. The van der Waals surface area contributed by atoms with Crippen molar-refractivity contribution in [3.63, 3.8) is 0 Å². The van der Waals surface area contributed by atoms with Gasteiger partial charge >= 0.3 is 17.9 Å². The van der Waals surface area contributed by atoms with Crippen LogP contribution in [0.15, 0.2) is 23.1 Å². The fraction of sp³-hybridized carbons (Fsp3) is 0.464. The van der Waals surface area contributed by atoms with Crippen LogP contribution in [0.3, 0.4) is 0 Å². The summed E-state index contributed by atoms with van der Waals surface area (Å²) in [6.45, 7) is 0. The van der Waals surface area contributed by atoms with E-state index in [2.05, 4.69) is 113 Å². The van der Waals surface area contributed by atoms with Gasteiger partial charge in [-0.3, -0.25) is 14.1 Å². The summed E-state index contributed by atoms with van der Waals surface area (Å²) in [4.78, 5) is 40.1. The highest BCUT2D eigenvalue weighted by Gasteiger charge is 2.70. The summed E-state index contributed by atoms with van der Waals surface area (Å²) in [5.41, 5.74) is 0.880. The first-order valence-corrected chi connectivity index (χ1v) is 20.4. The fourth-order valence-corrected chi connectivity index (χ4v) is 13.1. The van der Waals surface area contributed by atoms with Crippen molar-refractivity contribution in [2.24, 2.45) is 23.7 Å². The lowest BCUT2D eigenvalue weighted by Crippen LogP contribution is -2.44. The summed E-state index contributed by atoms with van der Waals surface area (Å²) >= 11 is 11.0. The number of halogens is 5. The lowest BCUT2D eigenvalue weighted by molar-refractivity contribution is -0.149. The third kappa shape index (κ3) is 6.00. The number of benzene rings is 2. The zero-order valence-corrected chi connectivity index (χ0v) is 33.6. The maximum atomic E-state index is 13.7. The SMILES string of the molecule is O=C(OC1C2CC3C1OC(=O)C3C2C(=O)Oc1ccc(S(=O)(=O)O)c(C2CCCCC2)c1)c1c(I)c(I)c(I)c(I)c1I. The monoisotopic (exact) mass is 1170 g/mol. The number of hydrogen-bond acceptors (Lipinski definition) is 8. The maximum Gasteiger partial charge on any atom is 0.340 e. The van der Waals surface area contributed by atoms with Crippen molar-refractivity contribution in [1.29, 1.82) is 0 Å². The maximum absolute atomic E-state index is 13.7. The Labute approximate surface area is 316 Å². The van der Waals surface area contributed by atoms with Gasteiger partial charge in [0.05, 0.1) is 22.3 Å². The van der Waals surface area contributed by atoms with Crippen molar-refractivity contribution in [3.8, 4) is 5.75 Å². The van der Waals surface area contributed by atoms with Crippen LogP contribution in [0.5, 0.6) is 5.75 Å². The normalized spacial score (nSPS) is 28.2. The van der Waals surface area contributed by atoms with E-state index < -0.39 is 58.0 Å². The van der Waals surface area contributed by atoms with Crippen LogP contribution in [0.2, 0.25) is 0 Å². The Hall–Kier alpha value is 0.410. The Morgan fingerprint density at radius 2 is 1.53 bits per heavy atom. The van der Waals surface area contributed by atoms with Gasteiger partial charge in [-0.15, -0.1) is 0 Å². The summed E-state index contributed by atoms with van der Waals surface area (Å²) in [6.07, 6.45) is 3.56. The van der Waals surface area contributed by atoms with E-state index in [0.29, 0.717) is 17.5 Å². The molecule has 6 atom stereocenters. The molecule has 0 spiro atoms. The van der Waals surface area contributed by atoms with Gasteiger partial charge in [0, 0.05) is 29.7 Å². The molecule has 6 unspecified atom stereocenters. The summed E-state index contributed by atoms with van der Waals surface area (Å²) < 4.78 is 56.1. The lowest BCUT2D eigenvalue weighted by Gasteiger charge is -2.30. The van der Waals surface area contributed by atoms with Crippen LogP contribution < -0.4 is 4.74 Å². The first kappa shape index (κ1) is 33.3. The van der Waals surface area contributed by atoms with Crippen molar-refractivity contribution in [2.45, 2.75) is 61.5 Å². The molecule has 0 aromatic heterocycles. The van der Waals surface area contributed by atoms with E-state index in [1.807, 2.05) is 0 Å². The second-order valence-corrected chi connectivity index (χ2v) is 18.0. The van der Waals surface area contributed by atoms with Gasteiger partial charge in [-0.2, -0.15) is 8.42 Å². The molecule has 4 fully saturated rings. The second kappa shape index (κ2) is 12.8. The van der Waals surface area contributed by atoms with E-state index in [-0.39, 0.29) is 22.5 Å². The Morgan fingerprint density at radius 1 is 0.907 bits per heavy atom. The lowest BCUT2D eigenvalue weighted by atomic mass is 9.78. The minimum atomic E-state index is -4.47. The highest BCUT2D eigenvalue weighted by atomic mass is 127. The van der Waals surface area contributed by atoms with Gasteiger partial charge in [-0.1, -0.05) is 19.3 Å². The number of ether oxygens (including phenoxy) is 3. The van der Waals surface area contributed by atoms with Crippen LogP contribution in [0, 0.1) is 41.5 Å². The molecular formula is C28H23I5O9S. The van der Waals surface area contributed by atoms with Crippen LogP contribution in [-0.2, 0) is 29.2 Å². The minimum absolute atomic E-state index is 0.0841. The Kier molecular flexibility index (Phi) is 9.91. The van der Waals surface area contributed by atoms with Gasteiger partial charge in [0.1, 0.15) is 18.0 Å². The molecule has 15 heteroatoms. The number of esters is 3. The largest absolute Gasteiger partial charge is 0.458 e. The number of fused-ring (bicyclic) bond motifs is 1. The Balaban J connectivity index is 1.27. The number of carbonyl (C=O) groups is 3. The molecule has 1 aliphatic heterocycles. The Bertz CT molecular complexity index is 1630. The molecule has 2 aromatic carbocycles. The molecule has 43 heavy (non-hydrogen) atoms. The first-order valence-electron chi connectivity index (χ1n) is 13.6. The first-order chi connectivity index (χ1) is 20.3. The van der Waals surface area contributed by atoms with E-state index >= 15 is 0 Å². The summed E-state index contributed by atoms with van der Waals surface area (Å²) in [5, 5.41) is 0. The number of hydrogen-bond donors (Lipinski definition) is 1. The van der Waals surface area contributed by atoms with Crippen LogP contribution >= 0.6 is 113 Å². The predicted molar refractivity (Wildman–Crippen MR) is 195 cm³/mol. The van der Waals surface area contributed by atoms with E-state index in [1.165, 1.54) is 18.2 Å². The smallest absolute Gasteiger partial charge is 0.340 e. The molecule has 3 aliphatic carbocycles. The van der Waals surface area contributed by atoms with Gasteiger partial charge < -0.3 is 14.2 Å². The van der Waals surface area contributed by atoms with Gasteiger partial charge in [0.2, 0.25) is 0 Å². The third-order valence-electron chi connectivity index (χ3n) is 9.00. The molecular weight excluding hydrogens is 1150 g/mol. The molecule has 1 heterocycles. The zero-order valence-electron chi connectivity index (χ0n) is 22.0. The van der Waals surface area contributed by atoms with Crippen molar-refractivity contribution < 1.29 is 41.6 Å². The molecule has 2 bridgehead atoms. The van der Waals surface area contributed by atoms with Crippen LogP contribution in [0.1, 0.15) is 60.4 Å². The van der Waals surface area contributed by atoms with Gasteiger partial charge in [0.15, 0.2) is 0 Å². The van der Waals surface area contributed by atoms with Gasteiger partial charge in [-0.05, 0) is 162 Å². The van der Waals surface area contributed by atoms with E-state index in [0.717, 1.165) is 50.0 Å². The molecule has 1 saturated heterocycles. The van der Waals surface area contributed by atoms with Crippen molar-refractivity contribution in [1.82, 2.24) is 0 Å². The average molecular weight is 1170 g/mol. The molecule has 3 saturated carbocycles. The summed E-state index contributed by atoms with van der Waals surface area (Å²) in [6, 6.07) is 4.12. The Morgan fingerprint density at radius 3 is 2.16 bits per heavy atom. The van der Waals surface area contributed by atoms with E-state index in [9.17, 15) is 27.4 Å². The quantitative estimate of drug-likeness (QED) is 0.0816. The summed E-state index contributed by atoms with van der Waals surface area (Å²) in [5.74, 6) is -3.89. The molecule has 230 valence electrons. The molecule has 6 rings (SSSR count). The zero-order chi connectivity index (χ0) is 31.0. The highest BCUT2D eigenvalue weighted by molar-refractivity contribution is 14.1. The van der Waals surface area contributed by atoms with Gasteiger partial charge in [-0.25, -0.2) is 4.79 Å². The summed E-state index contributed by atoms with van der Waals surface area (Å²) in [7, 11) is -4.47. The third-order valence-corrected chi connectivity index (χ3v) is 19.4. The molecule has 4 aliphatic rings. The van der Waals surface area contributed by atoms with Crippen LogP contribution in [-0.4, -0.2) is 43.1 Å². The standard InChI is InChI=1S/C28H23I5O9S/c29-19-18(20(30)22(32)23(33)21(19)31)28(36)42-25-13-9-14-17(27(35)41-24(14)25)16(13)26(34)40-11-6-7-15(43(37,38)39)12(8-11)10-4-2-1-3-5-10/h6-8,10,13-14,16-17,24-25H,1-5,9H2,(H,37,38,39). The van der Waals surface area contributed by atoms with Crippen LogP contribution in [0.4, 0.5) is 0 Å². The highest BCUT2D eigenvalue weighted by Crippen LogP contribution is 2.59. The van der Waals surface area contributed by atoms with Crippen molar-refractivity contribution in [2.75, 3.05) is 0 Å². The molecule has 1 N–H and O–H groups in total. The number of rotatable bonds is 6. The fourth-order valence-electron chi connectivity index (χ4n) is 7.18. The average Bonchev–Trinajstić information content (AvgIpc) is 3.59. The number of carbonyl (C=O) groups excluding carboxylic acids is 3. The van der Waals surface area contributed by atoms with Crippen LogP contribution in [0.25, 0.3) is 0 Å². The second-order valence-electron chi connectivity index (χ2n) is 11.3. The van der Waals surface area contributed by atoms with Crippen molar-refractivity contribution in [3.05, 3.63) is 47.2 Å². The predicted octanol–water partition coefficient (Wildman–Crippen LogP) is 6.94. The van der Waals surface area contributed by atoms with Gasteiger partial charge in [0.25, 0.3) is 10.1 Å². The minimum Gasteiger partial charge on any atom is -0.458 e. The molecule has 2 aromatic rings. The van der Waals surface area contributed by atoms with Crippen molar-refractivity contribution >= 4 is 141 Å². The molecule has 0 amide bonds. The van der Waals surface area contributed by atoms with E-state index in [4.69, 9.17) is 14.2 Å².